The molecule has 0 bridgehead atoms. The SMILES string of the molecule is c1ccc2c(c1)CC[C@@H]([C@H]1CCc3ccccc3N1)N2. The Bertz CT molecular complexity index is 565. The molecular weight excluding hydrogens is 244 g/mol. The van der Waals surface area contributed by atoms with Crippen LogP contribution in [0.25, 0.3) is 0 Å². The molecule has 2 aromatic rings. The standard InChI is InChI=1S/C18H20N2/c1-3-7-15-13(5-1)9-11-17(19-15)18-12-10-14-6-2-4-8-16(14)20-18/h1-8,17-20H,9-12H2/t17-,18+. The lowest BCUT2D eigenvalue weighted by Gasteiger charge is -2.37. The average Bonchev–Trinajstić information content (AvgIpc) is 2.54. The lowest BCUT2D eigenvalue weighted by Crippen LogP contribution is -2.43. The van der Waals surface area contributed by atoms with Gasteiger partial charge >= 0.3 is 0 Å². The van der Waals surface area contributed by atoms with E-state index in [1.807, 2.05) is 0 Å². The van der Waals surface area contributed by atoms with Crippen molar-refractivity contribution in [1.82, 2.24) is 0 Å². The second-order valence-corrected chi connectivity index (χ2v) is 5.89. The summed E-state index contributed by atoms with van der Waals surface area (Å²) in [5.74, 6) is 0. The quantitative estimate of drug-likeness (QED) is 0.817. The van der Waals surface area contributed by atoms with Crippen LogP contribution >= 0.6 is 0 Å². The molecule has 2 nitrogen and oxygen atoms in total. The highest BCUT2D eigenvalue weighted by molar-refractivity contribution is 5.57. The fourth-order valence-corrected chi connectivity index (χ4v) is 3.53. The molecule has 0 fully saturated rings. The van der Waals surface area contributed by atoms with Crippen LogP contribution in [0.3, 0.4) is 0 Å². The van der Waals surface area contributed by atoms with E-state index >= 15 is 0 Å². The van der Waals surface area contributed by atoms with E-state index < -0.39 is 0 Å². The Morgan fingerprint density at radius 2 is 1.10 bits per heavy atom. The van der Waals surface area contributed by atoms with E-state index in [4.69, 9.17) is 0 Å². The van der Waals surface area contributed by atoms with Crippen LogP contribution in [-0.2, 0) is 12.8 Å². The van der Waals surface area contributed by atoms with Crippen LogP contribution in [0.4, 0.5) is 11.4 Å². The van der Waals surface area contributed by atoms with E-state index in [1.165, 1.54) is 48.2 Å². The summed E-state index contributed by atoms with van der Waals surface area (Å²) >= 11 is 0. The number of benzene rings is 2. The summed E-state index contributed by atoms with van der Waals surface area (Å²) in [7, 11) is 0. The number of fused-ring (bicyclic) bond motifs is 2. The molecule has 0 saturated heterocycles. The molecule has 102 valence electrons. The minimum absolute atomic E-state index is 0.540. The zero-order valence-corrected chi connectivity index (χ0v) is 11.6. The molecule has 2 aromatic carbocycles. The van der Waals surface area contributed by atoms with E-state index in [-0.39, 0.29) is 0 Å². The molecule has 2 N–H and O–H groups in total. The zero-order valence-electron chi connectivity index (χ0n) is 11.6. The smallest absolute Gasteiger partial charge is 0.0466 e. The summed E-state index contributed by atoms with van der Waals surface area (Å²) in [6.45, 7) is 0. The molecule has 2 heterocycles. The van der Waals surface area contributed by atoms with E-state index in [0.29, 0.717) is 12.1 Å². The molecule has 2 aliphatic heterocycles. The molecule has 20 heavy (non-hydrogen) atoms. The molecule has 0 amide bonds. The van der Waals surface area contributed by atoms with Gasteiger partial charge in [0.15, 0.2) is 0 Å². The Balaban J connectivity index is 1.53. The fourth-order valence-electron chi connectivity index (χ4n) is 3.53. The van der Waals surface area contributed by atoms with E-state index in [2.05, 4.69) is 59.2 Å². The molecule has 0 radical (unpaired) electrons. The first-order valence-electron chi connectivity index (χ1n) is 7.59. The van der Waals surface area contributed by atoms with Crippen molar-refractivity contribution in [3.63, 3.8) is 0 Å². The maximum absolute atomic E-state index is 3.73. The summed E-state index contributed by atoms with van der Waals surface area (Å²) in [6, 6.07) is 18.5. The molecule has 0 unspecified atom stereocenters. The first-order valence-corrected chi connectivity index (χ1v) is 7.59. The lowest BCUT2D eigenvalue weighted by atomic mass is 9.88. The molecular formula is C18H20N2. The van der Waals surface area contributed by atoms with Crippen LogP contribution < -0.4 is 10.6 Å². The highest BCUT2D eigenvalue weighted by Crippen LogP contribution is 2.31. The Morgan fingerprint density at radius 3 is 1.60 bits per heavy atom. The Hall–Kier alpha value is -1.96. The molecule has 2 heteroatoms. The number of aryl methyl sites for hydroxylation is 2. The van der Waals surface area contributed by atoms with Gasteiger partial charge in [-0.1, -0.05) is 36.4 Å². The Kier molecular flexibility index (Phi) is 2.87. The first kappa shape index (κ1) is 11.8. The van der Waals surface area contributed by atoms with Gasteiger partial charge in [0.2, 0.25) is 0 Å². The predicted molar refractivity (Wildman–Crippen MR) is 84.3 cm³/mol. The molecule has 0 aromatic heterocycles. The van der Waals surface area contributed by atoms with Crippen molar-refractivity contribution < 1.29 is 0 Å². The molecule has 2 aliphatic rings. The van der Waals surface area contributed by atoms with Gasteiger partial charge in [0, 0.05) is 23.5 Å². The predicted octanol–water partition coefficient (Wildman–Crippen LogP) is 3.84. The second kappa shape index (κ2) is 4.86. The number of anilines is 2. The van der Waals surface area contributed by atoms with Crippen molar-refractivity contribution in [2.24, 2.45) is 0 Å². The minimum Gasteiger partial charge on any atom is -0.380 e. The van der Waals surface area contributed by atoms with Gasteiger partial charge in [0.25, 0.3) is 0 Å². The molecule has 0 saturated carbocycles. The van der Waals surface area contributed by atoms with Gasteiger partial charge in [0.05, 0.1) is 0 Å². The van der Waals surface area contributed by atoms with Gasteiger partial charge in [-0.15, -0.1) is 0 Å². The van der Waals surface area contributed by atoms with E-state index in [0.717, 1.165) is 0 Å². The average molecular weight is 264 g/mol. The number of para-hydroxylation sites is 2. The Labute approximate surface area is 120 Å². The fraction of sp³-hybridized carbons (Fsp3) is 0.333. The van der Waals surface area contributed by atoms with Gasteiger partial charge in [-0.3, -0.25) is 0 Å². The normalized spacial score (nSPS) is 24.0. The van der Waals surface area contributed by atoms with Crippen LogP contribution in [0.5, 0.6) is 0 Å². The van der Waals surface area contributed by atoms with Crippen molar-refractivity contribution in [1.29, 1.82) is 0 Å². The molecule has 0 spiro atoms. The molecule has 4 rings (SSSR count). The van der Waals surface area contributed by atoms with Crippen LogP contribution in [0.1, 0.15) is 24.0 Å². The summed E-state index contributed by atoms with van der Waals surface area (Å²) < 4.78 is 0. The van der Waals surface area contributed by atoms with Crippen molar-refractivity contribution in [2.45, 2.75) is 37.8 Å². The monoisotopic (exact) mass is 264 g/mol. The van der Waals surface area contributed by atoms with Gasteiger partial charge in [-0.2, -0.15) is 0 Å². The molecule has 2 atom stereocenters. The van der Waals surface area contributed by atoms with Crippen LogP contribution in [0.15, 0.2) is 48.5 Å². The zero-order chi connectivity index (χ0) is 13.4. The summed E-state index contributed by atoms with van der Waals surface area (Å²) in [5.41, 5.74) is 5.56. The highest BCUT2D eigenvalue weighted by atomic mass is 15.0. The maximum atomic E-state index is 3.73. The third-order valence-corrected chi connectivity index (χ3v) is 4.65. The van der Waals surface area contributed by atoms with Crippen molar-refractivity contribution in [3.05, 3.63) is 59.7 Å². The topological polar surface area (TPSA) is 24.1 Å². The maximum Gasteiger partial charge on any atom is 0.0466 e. The third-order valence-electron chi connectivity index (χ3n) is 4.65. The van der Waals surface area contributed by atoms with E-state index in [9.17, 15) is 0 Å². The van der Waals surface area contributed by atoms with Gasteiger partial charge in [0.1, 0.15) is 0 Å². The second-order valence-electron chi connectivity index (χ2n) is 5.89. The summed E-state index contributed by atoms with van der Waals surface area (Å²) in [4.78, 5) is 0. The number of rotatable bonds is 1. The van der Waals surface area contributed by atoms with Gasteiger partial charge < -0.3 is 10.6 Å². The summed E-state index contributed by atoms with van der Waals surface area (Å²) in [6.07, 6.45) is 4.81. The van der Waals surface area contributed by atoms with Crippen LogP contribution in [0, 0.1) is 0 Å². The Morgan fingerprint density at radius 1 is 0.650 bits per heavy atom. The summed E-state index contributed by atoms with van der Waals surface area (Å²) in [5, 5.41) is 7.47. The highest BCUT2D eigenvalue weighted by Gasteiger charge is 2.28. The minimum atomic E-state index is 0.540. The van der Waals surface area contributed by atoms with Gasteiger partial charge in [-0.25, -0.2) is 0 Å². The number of hydrogen-bond donors (Lipinski definition) is 2. The molecule has 0 aliphatic carbocycles. The van der Waals surface area contributed by atoms with Crippen LogP contribution in [0.2, 0.25) is 0 Å². The van der Waals surface area contributed by atoms with Crippen molar-refractivity contribution in [3.8, 4) is 0 Å². The van der Waals surface area contributed by atoms with Gasteiger partial charge in [-0.05, 0) is 48.9 Å². The largest absolute Gasteiger partial charge is 0.380 e. The lowest BCUT2D eigenvalue weighted by molar-refractivity contribution is 0.501. The van der Waals surface area contributed by atoms with Crippen LogP contribution in [-0.4, -0.2) is 12.1 Å². The van der Waals surface area contributed by atoms with E-state index in [1.54, 1.807) is 0 Å². The third kappa shape index (κ3) is 2.05. The number of hydrogen-bond acceptors (Lipinski definition) is 2. The van der Waals surface area contributed by atoms with Crippen molar-refractivity contribution >= 4 is 11.4 Å². The van der Waals surface area contributed by atoms with Crippen molar-refractivity contribution in [2.75, 3.05) is 10.6 Å². The first-order chi connectivity index (χ1) is 9.90. The number of nitrogens with one attached hydrogen (secondary N) is 2.